The van der Waals surface area contributed by atoms with Crippen LogP contribution >= 0.6 is 0 Å². The molecule has 3 atom stereocenters. The van der Waals surface area contributed by atoms with Crippen molar-refractivity contribution in [2.75, 3.05) is 31.7 Å². The van der Waals surface area contributed by atoms with E-state index < -0.39 is 0 Å². The largest absolute Gasteiger partial charge is 0.494 e. The van der Waals surface area contributed by atoms with Crippen LogP contribution in [0.25, 0.3) is 22.4 Å². The molecule has 4 heterocycles. The molecule has 2 aromatic heterocycles. The number of morpholine rings is 1. The smallest absolute Gasteiger partial charge is 0.151 e. The number of benzene rings is 1. The predicted octanol–water partition coefficient (Wildman–Crippen LogP) is 3.22. The fourth-order valence-electron chi connectivity index (χ4n) is 4.82. The minimum atomic E-state index is -0.369. The van der Waals surface area contributed by atoms with Gasteiger partial charge in [-0.3, -0.25) is 0 Å². The van der Waals surface area contributed by atoms with Crippen LogP contribution in [0.15, 0.2) is 30.5 Å². The molecule has 3 aromatic rings. The van der Waals surface area contributed by atoms with Crippen LogP contribution in [-0.2, 0) is 11.3 Å². The van der Waals surface area contributed by atoms with E-state index in [2.05, 4.69) is 29.0 Å². The first-order valence-corrected chi connectivity index (χ1v) is 10.9. The molecule has 1 aromatic carbocycles. The molecule has 0 saturated carbocycles. The van der Waals surface area contributed by atoms with Crippen molar-refractivity contribution in [1.82, 2.24) is 19.9 Å². The minimum absolute atomic E-state index is 0.0344. The molecular weight excluding hydrogens is 397 g/mol. The number of pyridine rings is 1. The molecule has 2 aliphatic heterocycles. The SMILES string of the molecule is COc1ccc(F)c2nc(-c3ccc(N4[C@@H](C)C[C@@H]4C)nc3)n(C[C@@H]3CNCCO3)c12. The number of ether oxygens (including phenoxy) is 2. The Balaban J connectivity index is 1.58. The molecule has 2 saturated heterocycles. The second kappa shape index (κ2) is 8.09. The molecule has 8 heteroatoms. The van der Waals surface area contributed by atoms with Crippen LogP contribution in [0.2, 0.25) is 0 Å². The normalized spacial score (nSPS) is 23.7. The number of halogens is 1. The molecule has 1 N–H and O–H groups in total. The summed E-state index contributed by atoms with van der Waals surface area (Å²) in [4.78, 5) is 11.7. The van der Waals surface area contributed by atoms with E-state index >= 15 is 0 Å². The zero-order chi connectivity index (χ0) is 21.5. The molecule has 164 valence electrons. The van der Waals surface area contributed by atoms with Crippen LogP contribution in [0.1, 0.15) is 20.3 Å². The molecule has 31 heavy (non-hydrogen) atoms. The van der Waals surface area contributed by atoms with Gasteiger partial charge in [0.05, 0.1) is 26.4 Å². The third-order valence-corrected chi connectivity index (χ3v) is 6.32. The number of aromatic nitrogens is 3. The van der Waals surface area contributed by atoms with Crippen molar-refractivity contribution < 1.29 is 13.9 Å². The van der Waals surface area contributed by atoms with Crippen LogP contribution in [0.4, 0.5) is 10.2 Å². The predicted molar refractivity (Wildman–Crippen MR) is 118 cm³/mol. The number of imidazole rings is 1. The zero-order valence-electron chi connectivity index (χ0n) is 18.1. The van der Waals surface area contributed by atoms with Gasteiger partial charge in [-0.05, 0) is 44.5 Å². The van der Waals surface area contributed by atoms with Crippen molar-refractivity contribution in [3.8, 4) is 17.1 Å². The van der Waals surface area contributed by atoms with Gasteiger partial charge in [0.1, 0.15) is 28.4 Å². The van der Waals surface area contributed by atoms with Gasteiger partial charge in [-0.15, -0.1) is 0 Å². The summed E-state index contributed by atoms with van der Waals surface area (Å²) in [5.74, 6) is 1.84. The standard InChI is InChI=1S/C23H28FN5O2/c1-14-10-15(2)29(14)20-7-4-16(11-26-20)23-27-21-18(24)5-6-19(30-3)22(21)28(23)13-17-12-25-8-9-31-17/h4-7,11,14-15,17,25H,8-10,12-13H2,1-3H3/t14-,15-,17-/m0/s1. The van der Waals surface area contributed by atoms with Crippen LogP contribution in [0.3, 0.4) is 0 Å². The zero-order valence-corrected chi connectivity index (χ0v) is 18.1. The van der Waals surface area contributed by atoms with Crippen molar-refractivity contribution in [1.29, 1.82) is 0 Å². The van der Waals surface area contributed by atoms with Crippen LogP contribution in [0.5, 0.6) is 5.75 Å². The Morgan fingerprint density at radius 1 is 1.23 bits per heavy atom. The lowest BCUT2D eigenvalue weighted by molar-refractivity contribution is 0.0191. The summed E-state index contributed by atoms with van der Waals surface area (Å²) in [5, 5.41) is 3.35. The Labute approximate surface area is 181 Å². The van der Waals surface area contributed by atoms with E-state index in [4.69, 9.17) is 14.5 Å². The van der Waals surface area contributed by atoms with E-state index in [1.165, 1.54) is 12.5 Å². The Hall–Kier alpha value is -2.71. The van der Waals surface area contributed by atoms with Gasteiger partial charge in [-0.2, -0.15) is 0 Å². The molecule has 0 amide bonds. The van der Waals surface area contributed by atoms with E-state index in [0.29, 0.717) is 47.8 Å². The quantitative estimate of drug-likeness (QED) is 0.677. The molecule has 0 unspecified atom stereocenters. The second-order valence-electron chi connectivity index (χ2n) is 8.44. The fraction of sp³-hybridized carbons (Fsp3) is 0.478. The molecule has 0 aliphatic carbocycles. The summed E-state index contributed by atoms with van der Waals surface area (Å²) in [6.45, 7) is 7.19. The van der Waals surface area contributed by atoms with Gasteiger partial charge in [0.2, 0.25) is 0 Å². The van der Waals surface area contributed by atoms with Gasteiger partial charge in [-0.25, -0.2) is 14.4 Å². The highest BCUT2D eigenvalue weighted by Gasteiger charge is 2.32. The third-order valence-electron chi connectivity index (χ3n) is 6.32. The van der Waals surface area contributed by atoms with Crippen molar-refractivity contribution in [2.24, 2.45) is 0 Å². The van der Waals surface area contributed by atoms with E-state index in [-0.39, 0.29) is 11.9 Å². The van der Waals surface area contributed by atoms with Crippen molar-refractivity contribution in [3.63, 3.8) is 0 Å². The van der Waals surface area contributed by atoms with Crippen LogP contribution in [-0.4, -0.2) is 59.5 Å². The first-order chi connectivity index (χ1) is 15.1. The first kappa shape index (κ1) is 20.2. The lowest BCUT2D eigenvalue weighted by Crippen LogP contribution is -2.53. The molecule has 0 spiro atoms. The minimum Gasteiger partial charge on any atom is -0.494 e. The second-order valence-corrected chi connectivity index (χ2v) is 8.44. The Bertz CT molecular complexity index is 1070. The van der Waals surface area contributed by atoms with E-state index in [1.54, 1.807) is 13.2 Å². The molecule has 0 bridgehead atoms. The first-order valence-electron chi connectivity index (χ1n) is 10.9. The van der Waals surface area contributed by atoms with Gasteiger partial charge in [0, 0.05) is 36.9 Å². The Morgan fingerprint density at radius 3 is 2.71 bits per heavy atom. The van der Waals surface area contributed by atoms with Crippen molar-refractivity contribution >= 4 is 16.9 Å². The average molecular weight is 426 g/mol. The lowest BCUT2D eigenvalue weighted by atomic mass is 9.96. The van der Waals surface area contributed by atoms with Gasteiger partial charge in [0.25, 0.3) is 0 Å². The summed E-state index contributed by atoms with van der Waals surface area (Å²) < 4.78 is 28.2. The lowest BCUT2D eigenvalue weighted by Gasteiger charge is -2.46. The highest BCUT2D eigenvalue weighted by Crippen LogP contribution is 2.35. The molecule has 0 radical (unpaired) electrons. The van der Waals surface area contributed by atoms with Crippen molar-refractivity contribution in [3.05, 3.63) is 36.3 Å². The monoisotopic (exact) mass is 425 g/mol. The third kappa shape index (κ3) is 3.53. The number of anilines is 1. The molecule has 7 nitrogen and oxygen atoms in total. The number of nitrogens with zero attached hydrogens (tertiary/aromatic N) is 4. The maximum atomic E-state index is 14.7. The summed E-state index contributed by atoms with van der Waals surface area (Å²) in [6, 6.07) is 8.07. The summed E-state index contributed by atoms with van der Waals surface area (Å²) in [7, 11) is 1.59. The highest BCUT2D eigenvalue weighted by molar-refractivity contribution is 5.86. The average Bonchev–Trinajstić information content (AvgIpc) is 3.15. The van der Waals surface area contributed by atoms with Gasteiger partial charge < -0.3 is 24.3 Å². The van der Waals surface area contributed by atoms with E-state index in [0.717, 1.165) is 24.5 Å². The van der Waals surface area contributed by atoms with Gasteiger partial charge in [0.15, 0.2) is 5.82 Å². The number of methoxy groups -OCH3 is 1. The molecular formula is C23H28FN5O2. The number of nitrogens with one attached hydrogen (secondary N) is 1. The maximum Gasteiger partial charge on any atom is 0.151 e. The fourth-order valence-corrected chi connectivity index (χ4v) is 4.82. The summed E-state index contributed by atoms with van der Waals surface area (Å²) in [5.41, 5.74) is 1.78. The molecule has 2 aliphatic rings. The number of hydrogen-bond acceptors (Lipinski definition) is 6. The highest BCUT2D eigenvalue weighted by atomic mass is 19.1. The van der Waals surface area contributed by atoms with Crippen molar-refractivity contribution in [2.45, 2.75) is 45.0 Å². The number of hydrogen-bond donors (Lipinski definition) is 1. The summed E-state index contributed by atoms with van der Waals surface area (Å²) in [6.07, 6.45) is 2.97. The van der Waals surface area contributed by atoms with Crippen LogP contribution in [0, 0.1) is 5.82 Å². The Kier molecular flexibility index (Phi) is 5.27. The molecule has 2 fully saturated rings. The topological polar surface area (TPSA) is 64.4 Å². The van der Waals surface area contributed by atoms with Crippen LogP contribution < -0.4 is 15.0 Å². The Morgan fingerprint density at radius 2 is 2.06 bits per heavy atom. The molecule has 5 rings (SSSR count). The maximum absolute atomic E-state index is 14.7. The van der Waals surface area contributed by atoms with Gasteiger partial charge >= 0.3 is 0 Å². The van der Waals surface area contributed by atoms with E-state index in [9.17, 15) is 4.39 Å². The number of rotatable bonds is 5. The number of fused-ring (bicyclic) bond motifs is 1. The summed E-state index contributed by atoms with van der Waals surface area (Å²) >= 11 is 0. The van der Waals surface area contributed by atoms with Gasteiger partial charge in [-0.1, -0.05) is 0 Å². The van der Waals surface area contributed by atoms with E-state index in [1.807, 2.05) is 22.9 Å².